The minimum atomic E-state index is -4.93. The highest BCUT2D eigenvalue weighted by atomic mass is 19.4. The SMILES string of the molecule is CO/C(=N\N)N1CC(CO)CC(N(C(=O)NCc2ccc(OC(F)(F)F)cc2F)C2CC2)C1. The van der Waals surface area contributed by atoms with Gasteiger partial charge in [0.2, 0.25) is 0 Å². The van der Waals surface area contributed by atoms with E-state index in [2.05, 4.69) is 15.2 Å². The van der Waals surface area contributed by atoms with Crippen LogP contribution in [-0.2, 0) is 11.3 Å². The van der Waals surface area contributed by atoms with E-state index in [4.69, 9.17) is 10.6 Å². The average molecular weight is 477 g/mol. The highest BCUT2D eigenvalue weighted by Crippen LogP contribution is 2.33. The van der Waals surface area contributed by atoms with E-state index in [1.807, 2.05) is 0 Å². The number of benzene rings is 1. The number of hydrazone groups is 1. The monoisotopic (exact) mass is 477 g/mol. The highest BCUT2D eigenvalue weighted by molar-refractivity contribution is 5.76. The van der Waals surface area contributed by atoms with Crippen LogP contribution in [0.3, 0.4) is 0 Å². The third-order valence-corrected chi connectivity index (χ3v) is 5.59. The van der Waals surface area contributed by atoms with E-state index in [9.17, 15) is 27.5 Å². The number of amides is 2. The fourth-order valence-electron chi connectivity index (χ4n) is 4.04. The zero-order valence-corrected chi connectivity index (χ0v) is 18.0. The molecule has 1 aliphatic heterocycles. The number of likely N-dealkylation sites (tertiary alicyclic amines) is 1. The van der Waals surface area contributed by atoms with E-state index >= 15 is 0 Å². The maximum atomic E-state index is 14.2. The molecule has 1 saturated heterocycles. The molecule has 9 nitrogen and oxygen atoms in total. The first kappa shape index (κ1) is 24.7. The molecule has 1 heterocycles. The molecule has 2 fully saturated rings. The number of ether oxygens (including phenoxy) is 2. The van der Waals surface area contributed by atoms with Gasteiger partial charge >= 0.3 is 18.4 Å². The Bertz CT molecular complexity index is 865. The van der Waals surface area contributed by atoms with Gasteiger partial charge in [0.05, 0.1) is 13.2 Å². The lowest BCUT2D eigenvalue weighted by molar-refractivity contribution is -0.274. The number of aliphatic hydroxyl groups excluding tert-OH is 1. The van der Waals surface area contributed by atoms with Crippen LogP contribution in [0.4, 0.5) is 22.4 Å². The number of carbonyl (C=O) groups is 1. The maximum absolute atomic E-state index is 14.2. The number of alkyl halides is 3. The third kappa shape index (κ3) is 6.53. The number of piperidine rings is 1. The van der Waals surface area contributed by atoms with Crippen molar-refractivity contribution < 1.29 is 36.9 Å². The molecular weight excluding hydrogens is 450 g/mol. The number of hydrogen-bond donors (Lipinski definition) is 3. The second-order valence-corrected chi connectivity index (χ2v) is 8.06. The minimum absolute atomic E-state index is 0.00233. The van der Waals surface area contributed by atoms with Gasteiger partial charge in [-0.25, -0.2) is 9.18 Å². The van der Waals surface area contributed by atoms with E-state index < -0.39 is 24.0 Å². The van der Waals surface area contributed by atoms with Crippen molar-refractivity contribution in [3.8, 4) is 5.75 Å². The predicted molar refractivity (Wildman–Crippen MR) is 109 cm³/mol. The van der Waals surface area contributed by atoms with Crippen molar-refractivity contribution in [3.63, 3.8) is 0 Å². The van der Waals surface area contributed by atoms with Crippen LogP contribution in [0.1, 0.15) is 24.8 Å². The molecule has 1 aromatic carbocycles. The van der Waals surface area contributed by atoms with Gasteiger partial charge in [0.25, 0.3) is 0 Å². The van der Waals surface area contributed by atoms with Gasteiger partial charge in [0.1, 0.15) is 11.6 Å². The quantitative estimate of drug-likeness (QED) is 0.190. The smallest absolute Gasteiger partial charge is 0.467 e. The van der Waals surface area contributed by atoms with Crippen LogP contribution >= 0.6 is 0 Å². The van der Waals surface area contributed by atoms with Crippen molar-refractivity contribution in [3.05, 3.63) is 29.6 Å². The summed E-state index contributed by atoms with van der Waals surface area (Å²) in [5, 5.41) is 16.0. The van der Waals surface area contributed by atoms with Crippen LogP contribution in [0.2, 0.25) is 0 Å². The first-order chi connectivity index (χ1) is 15.6. The first-order valence-corrected chi connectivity index (χ1v) is 10.4. The second kappa shape index (κ2) is 10.3. The van der Waals surface area contributed by atoms with Crippen molar-refractivity contribution in [1.82, 2.24) is 15.1 Å². The first-order valence-electron chi connectivity index (χ1n) is 10.4. The van der Waals surface area contributed by atoms with Gasteiger partial charge in [-0.1, -0.05) is 6.07 Å². The van der Waals surface area contributed by atoms with Crippen molar-refractivity contribution in [2.24, 2.45) is 16.9 Å². The van der Waals surface area contributed by atoms with Crippen molar-refractivity contribution in [2.45, 2.75) is 44.3 Å². The van der Waals surface area contributed by atoms with Crippen molar-refractivity contribution in [1.29, 1.82) is 0 Å². The molecule has 0 bridgehead atoms. The summed E-state index contributed by atoms with van der Waals surface area (Å²) in [4.78, 5) is 16.5. The molecule has 2 atom stereocenters. The molecule has 3 rings (SSSR count). The molecule has 1 aliphatic carbocycles. The summed E-state index contributed by atoms with van der Waals surface area (Å²) < 4.78 is 60.0. The van der Waals surface area contributed by atoms with Crippen LogP contribution in [0.15, 0.2) is 23.3 Å². The number of aliphatic hydroxyl groups is 1. The lowest BCUT2D eigenvalue weighted by Gasteiger charge is -2.42. The number of hydrogen-bond acceptors (Lipinski definition) is 6. The number of amidine groups is 1. The van der Waals surface area contributed by atoms with Gasteiger partial charge in [0, 0.05) is 49.8 Å². The molecule has 33 heavy (non-hydrogen) atoms. The third-order valence-electron chi connectivity index (χ3n) is 5.59. The van der Waals surface area contributed by atoms with E-state index in [0.717, 1.165) is 25.0 Å². The Labute approximate surface area is 188 Å². The summed E-state index contributed by atoms with van der Waals surface area (Å²) in [6.45, 7) is 0.552. The number of nitrogens with zero attached hydrogens (tertiary/aromatic N) is 3. The molecule has 1 aromatic rings. The molecule has 2 aliphatic rings. The zero-order valence-electron chi connectivity index (χ0n) is 18.0. The predicted octanol–water partition coefficient (Wildman–Crippen LogP) is 1.96. The zero-order chi connectivity index (χ0) is 24.2. The van der Waals surface area contributed by atoms with Gasteiger partial charge in [-0.05, 0) is 25.3 Å². The van der Waals surface area contributed by atoms with Gasteiger partial charge in [-0.3, -0.25) is 0 Å². The second-order valence-electron chi connectivity index (χ2n) is 8.06. The summed E-state index contributed by atoms with van der Waals surface area (Å²) in [6, 6.07) is 2.23. The molecule has 0 spiro atoms. The lowest BCUT2D eigenvalue weighted by atomic mass is 9.94. The summed E-state index contributed by atoms with van der Waals surface area (Å²) in [6.07, 6.45) is -2.75. The molecule has 0 aromatic heterocycles. The van der Waals surface area contributed by atoms with Gasteiger partial charge in [0.15, 0.2) is 0 Å². The fourth-order valence-corrected chi connectivity index (χ4v) is 4.04. The highest BCUT2D eigenvalue weighted by Gasteiger charge is 2.41. The molecule has 4 N–H and O–H groups in total. The van der Waals surface area contributed by atoms with Gasteiger partial charge in [-0.15, -0.1) is 18.3 Å². The van der Waals surface area contributed by atoms with Gasteiger partial charge < -0.3 is 35.5 Å². The number of halogens is 4. The summed E-state index contributed by atoms with van der Waals surface area (Å²) in [7, 11) is 1.42. The number of carbonyl (C=O) groups excluding carboxylic acids is 1. The van der Waals surface area contributed by atoms with Crippen molar-refractivity contribution in [2.75, 3.05) is 26.8 Å². The standard InChI is InChI=1S/C20H27F4N5O4/c1-32-19(27-25)28-9-12(11-30)6-15(10-28)29(14-3-4-14)18(31)26-8-13-2-5-16(7-17(13)21)33-20(22,23)24/h2,5,7,12,14-15,30H,3-4,6,8-11,25H2,1H3,(H,26,31)/b27-19-. The average Bonchev–Trinajstić information content (AvgIpc) is 3.58. The number of methoxy groups -OCH3 is 1. The molecule has 0 radical (unpaired) electrons. The fraction of sp³-hybridized carbons (Fsp3) is 0.600. The van der Waals surface area contributed by atoms with Crippen LogP contribution < -0.4 is 15.9 Å². The van der Waals surface area contributed by atoms with E-state index in [1.54, 1.807) is 9.80 Å². The maximum Gasteiger partial charge on any atom is 0.573 e. The van der Waals surface area contributed by atoms with Crippen LogP contribution in [-0.4, -0.2) is 72.2 Å². The molecular formula is C20H27F4N5O4. The largest absolute Gasteiger partial charge is 0.573 e. The van der Waals surface area contributed by atoms with Crippen molar-refractivity contribution >= 4 is 12.1 Å². The summed E-state index contributed by atoms with van der Waals surface area (Å²) in [5.41, 5.74) is 0.0176. The lowest BCUT2D eigenvalue weighted by Crippen LogP contribution is -2.57. The Morgan fingerprint density at radius 1 is 1.33 bits per heavy atom. The van der Waals surface area contributed by atoms with E-state index in [0.29, 0.717) is 25.6 Å². The Kier molecular flexibility index (Phi) is 7.72. The summed E-state index contributed by atoms with van der Waals surface area (Å²) >= 11 is 0. The summed E-state index contributed by atoms with van der Waals surface area (Å²) in [5.74, 6) is 3.64. The van der Waals surface area contributed by atoms with E-state index in [-0.39, 0.29) is 42.7 Å². The number of urea groups is 1. The van der Waals surface area contributed by atoms with Crippen LogP contribution in [0.25, 0.3) is 0 Å². The van der Waals surface area contributed by atoms with Gasteiger partial charge in [-0.2, -0.15) is 0 Å². The Morgan fingerprint density at radius 2 is 2.06 bits per heavy atom. The Hall–Kier alpha value is -2.96. The van der Waals surface area contributed by atoms with Crippen LogP contribution in [0, 0.1) is 11.7 Å². The number of nitrogens with one attached hydrogen (secondary N) is 1. The van der Waals surface area contributed by atoms with E-state index in [1.165, 1.54) is 7.11 Å². The number of nitrogens with two attached hydrogens (primary N) is 1. The van der Waals surface area contributed by atoms with Crippen LogP contribution in [0.5, 0.6) is 5.75 Å². The Morgan fingerprint density at radius 3 is 2.61 bits per heavy atom. The molecule has 1 saturated carbocycles. The topological polar surface area (TPSA) is 113 Å². The molecule has 13 heteroatoms. The molecule has 2 unspecified atom stereocenters. The molecule has 2 amide bonds. The Balaban J connectivity index is 1.68. The molecule has 184 valence electrons. The minimum Gasteiger partial charge on any atom is -0.467 e. The normalized spacial score (nSPS) is 21.5. The number of rotatable bonds is 6.